The van der Waals surface area contributed by atoms with Crippen molar-refractivity contribution in [2.24, 2.45) is 4.99 Å². The molecule has 2 rings (SSSR count). The molecule has 0 unspecified atom stereocenters. The number of carbonyl (C=O) groups is 1. The van der Waals surface area contributed by atoms with Gasteiger partial charge in [-0.3, -0.25) is 9.79 Å². The topological polar surface area (TPSA) is 58.1 Å². The standard InChI is InChI=1S/C10H13N3O/c14-10-2-1-8(5-10)12-4-3-9-6-11-7-13-9/h6-7H,1-5H2,(H,11,13). The highest BCUT2D eigenvalue weighted by molar-refractivity contribution is 6.08. The van der Waals surface area contributed by atoms with Gasteiger partial charge in [0.25, 0.3) is 0 Å². The number of ketones is 1. The minimum Gasteiger partial charge on any atom is -0.348 e. The molecule has 0 bridgehead atoms. The Hall–Kier alpha value is -1.45. The molecule has 0 aliphatic heterocycles. The van der Waals surface area contributed by atoms with Crippen LogP contribution in [0.25, 0.3) is 0 Å². The quantitative estimate of drug-likeness (QED) is 0.779. The number of imidazole rings is 1. The van der Waals surface area contributed by atoms with E-state index < -0.39 is 0 Å². The zero-order valence-corrected chi connectivity index (χ0v) is 7.99. The number of Topliss-reactive ketones (excluding diaryl/α,β-unsaturated/α-hetero) is 1. The largest absolute Gasteiger partial charge is 0.348 e. The van der Waals surface area contributed by atoms with Gasteiger partial charge in [-0.15, -0.1) is 0 Å². The van der Waals surface area contributed by atoms with Gasteiger partial charge in [-0.25, -0.2) is 4.98 Å². The maximum atomic E-state index is 10.9. The molecule has 74 valence electrons. The van der Waals surface area contributed by atoms with E-state index >= 15 is 0 Å². The number of rotatable bonds is 3. The number of aliphatic imine (C=N–C) groups is 1. The first-order chi connectivity index (χ1) is 6.84. The van der Waals surface area contributed by atoms with Crippen LogP contribution in [-0.2, 0) is 11.2 Å². The Labute approximate surface area is 82.5 Å². The van der Waals surface area contributed by atoms with Crippen LogP contribution in [0.4, 0.5) is 0 Å². The summed E-state index contributed by atoms with van der Waals surface area (Å²) in [6, 6.07) is 0. The average molecular weight is 191 g/mol. The molecule has 4 heteroatoms. The lowest BCUT2D eigenvalue weighted by molar-refractivity contribution is -0.116. The van der Waals surface area contributed by atoms with Gasteiger partial charge in [0.05, 0.1) is 6.33 Å². The van der Waals surface area contributed by atoms with E-state index in [1.165, 1.54) is 0 Å². The summed E-state index contributed by atoms with van der Waals surface area (Å²) in [4.78, 5) is 22.3. The van der Waals surface area contributed by atoms with Gasteiger partial charge in [0.1, 0.15) is 5.78 Å². The second-order valence-corrected chi connectivity index (χ2v) is 3.49. The second-order valence-electron chi connectivity index (χ2n) is 3.49. The van der Waals surface area contributed by atoms with Crippen molar-refractivity contribution < 1.29 is 4.79 Å². The van der Waals surface area contributed by atoms with Crippen LogP contribution < -0.4 is 0 Å². The third kappa shape index (κ3) is 2.28. The van der Waals surface area contributed by atoms with Crippen LogP contribution >= 0.6 is 0 Å². The van der Waals surface area contributed by atoms with Crippen LogP contribution in [0.5, 0.6) is 0 Å². The maximum absolute atomic E-state index is 10.9. The minimum atomic E-state index is 0.324. The number of nitrogens with one attached hydrogen (secondary N) is 1. The third-order valence-corrected chi connectivity index (χ3v) is 2.37. The third-order valence-electron chi connectivity index (χ3n) is 2.37. The summed E-state index contributed by atoms with van der Waals surface area (Å²) in [6.45, 7) is 0.755. The first-order valence-electron chi connectivity index (χ1n) is 4.86. The summed E-state index contributed by atoms with van der Waals surface area (Å²) in [5.41, 5.74) is 2.16. The van der Waals surface area contributed by atoms with Crippen molar-refractivity contribution in [3.05, 3.63) is 18.2 Å². The van der Waals surface area contributed by atoms with Gasteiger partial charge in [-0.2, -0.15) is 0 Å². The van der Waals surface area contributed by atoms with Crippen molar-refractivity contribution >= 4 is 11.5 Å². The summed E-state index contributed by atoms with van der Waals surface area (Å²) in [5, 5.41) is 0. The molecule has 0 saturated heterocycles. The Bertz CT molecular complexity index is 340. The van der Waals surface area contributed by atoms with Crippen LogP contribution in [0, 0.1) is 0 Å². The number of carbonyl (C=O) groups excluding carboxylic acids is 1. The van der Waals surface area contributed by atoms with E-state index in [4.69, 9.17) is 0 Å². The Morgan fingerprint density at radius 3 is 3.07 bits per heavy atom. The van der Waals surface area contributed by atoms with Gasteiger partial charge in [0.2, 0.25) is 0 Å². The molecule has 1 aliphatic carbocycles. The molecule has 1 aromatic rings. The number of H-pyrrole nitrogens is 1. The number of aromatic amines is 1. The van der Waals surface area contributed by atoms with E-state index in [2.05, 4.69) is 15.0 Å². The Morgan fingerprint density at radius 2 is 2.43 bits per heavy atom. The Balaban J connectivity index is 1.80. The van der Waals surface area contributed by atoms with E-state index in [0.717, 1.165) is 30.8 Å². The van der Waals surface area contributed by atoms with Gasteiger partial charge >= 0.3 is 0 Å². The SMILES string of the molecule is O=C1CCC(=NCCc2cnc[nH]2)C1. The molecule has 0 aromatic carbocycles. The van der Waals surface area contributed by atoms with E-state index in [0.29, 0.717) is 18.6 Å². The molecule has 1 saturated carbocycles. The maximum Gasteiger partial charge on any atom is 0.138 e. The fourth-order valence-corrected chi connectivity index (χ4v) is 1.58. The number of nitrogens with zero attached hydrogens (tertiary/aromatic N) is 2. The smallest absolute Gasteiger partial charge is 0.138 e. The number of aromatic nitrogens is 2. The summed E-state index contributed by atoms with van der Waals surface area (Å²) in [5.74, 6) is 0.324. The molecule has 1 N–H and O–H groups in total. The van der Waals surface area contributed by atoms with E-state index in [9.17, 15) is 4.79 Å². The molecule has 4 nitrogen and oxygen atoms in total. The molecule has 1 heterocycles. The number of hydrogen-bond acceptors (Lipinski definition) is 3. The lowest BCUT2D eigenvalue weighted by Crippen LogP contribution is -1.96. The van der Waals surface area contributed by atoms with Crippen LogP contribution in [0.1, 0.15) is 25.0 Å². The predicted octanol–water partition coefficient (Wildman–Crippen LogP) is 1.15. The summed E-state index contributed by atoms with van der Waals surface area (Å²) in [6.07, 6.45) is 6.47. The molecule has 0 amide bonds. The fourth-order valence-electron chi connectivity index (χ4n) is 1.58. The molecule has 1 aromatic heterocycles. The summed E-state index contributed by atoms with van der Waals surface area (Å²) < 4.78 is 0. The van der Waals surface area contributed by atoms with E-state index in [1.807, 2.05) is 0 Å². The highest BCUT2D eigenvalue weighted by Gasteiger charge is 2.15. The lowest BCUT2D eigenvalue weighted by Gasteiger charge is -1.94. The average Bonchev–Trinajstić information content (AvgIpc) is 2.77. The number of hydrogen-bond donors (Lipinski definition) is 1. The van der Waals surface area contributed by atoms with Crippen LogP contribution in [-0.4, -0.2) is 28.0 Å². The Kier molecular flexibility index (Phi) is 2.72. The first kappa shape index (κ1) is 9.12. The molecular weight excluding hydrogens is 178 g/mol. The van der Waals surface area contributed by atoms with Gasteiger partial charge in [-0.1, -0.05) is 0 Å². The van der Waals surface area contributed by atoms with Gasteiger partial charge in [-0.05, 0) is 6.42 Å². The summed E-state index contributed by atoms with van der Waals surface area (Å²) >= 11 is 0. The van der Waals surface area contributed by atoms with Crippen molar-refractivity contribution in [1.82, 2.24) is 9.97 Å². The molecule has 1 aliphatic rings. The molecule has 1 fully saturated rings. The second kappa shape index (κ2) is 4.17. The fraction of sp³-hybridized carbons (Fsp3) is 0.500. The van der Waals surface area contributed by atoms with Crippen molar-refractivity contribution in [2.45, 2.75) is 25.7 Å². The van der Waals surface area contributed by atoms with Crippen molar-refractivity contribution in [3.8, 4) is 0 Å². The zero-order chi connectivity index (χ0) is 9.80. The van der Waals surface area contributed by atoms with Crippen molar-refractivity contribution in [3.63, 3.8) is 0 Å². The van der Waals surface area contributed by atoms with Crippen molar-refractivity contribution in [1.29, 1.82) is 0 Å². The van der Waals surface area contributed by atoms with Crippen molar-refractivity contribution in [2.75, 3.05) is 6.54 Å². The van der Waals surface area contributed by atoms with Crippen LogP contribution in [0.15, 0.2) is 17.5 Å². The first-order valence-corrected chi connectivity index (χ1v) is 4.86. The highest BCUT2D eigenvalue weighted by atomic mass is 16.1. The van der Waals surface area contributed by atoms with E-state index in [-0.39, 0.29) is 0 Å². The lowest BCUT2D eigenvalue weighted by atomic mass is 10.3. The van der Waals surface area contributed by atoms with Crippen LogP contribution in [0.2, 0.25) is 0 Å². The normalized spacial score (nSPS) is 19.4. The molecule has 0 spiro atoms. The monoisotopic (exact) mass is 191 g/mol. The van der Waals surface area contributed by atoms with Gasteiger partial charge in [0.15, 0.2) is 0 Å². The van der Waals surface area contributed by atoms with Gasteiger partial charge < -0.3 is 4.98 Å². The molecular formula is C10H13N3O. The zero-order valence-electron chi connectivity index (χ0n) is 7.99. The Morgan fingerprint density at radius 1 is 1.50 bits per heavy atom. The molecule has 14 heavy (non-hydrogen) atoms. The minimum absolute atomic E-state index is 0.324. The van der Waals surface area contributed by atoms with Gasteiger partial charge in [0, 0.05) is 43.4 Å². The highest BCUT2D eigenvalue weighted by Crippen LogP contribution is 2.11. The summed E-state index contributed by atoms with van der Waals surface area (Å²) in [7, 11) is 0. The van der Waals surface area contributed by atoms with Crippen LogP contribution in [0.3, 0.4) is 0 Å². The predicted molar refractivity (Wildman–Crippen MR) is 53.5 cm³/mol. The van der Waals surface area contributed by atoms with E-state index in [1.54, 1.807) is 12.5 Å². The molecule has 0 radical (unpaired) electrons. The molecule has 0 atom stereocenters.